The van der Waals surface area contributed by atoms with Crippen LogP contribution in [-0.2, 0) is 0 Å². The minimum atomic E-state index is -2.00. The second-order valence-electron chi connectivity index (χ2n) is 9.99. The van der Waals surface area contributed by atoms with E-state index in [0.29, 0.717) is 5.69 Å². The molecule has 0 bridgehead atoms. The lowest BCUT2D eigenvalue weighted by atomic mass is 10.2. The van der Waals surface area contributed by atoms with Crippen molar-refractivity contribution in [3.05, 3.63) is 23.1 Å². The van der Waals surface area contributed by atoms with Crippen molar-refractivity contribution in [2.45, 2.75) is 77.8 Å². The van der Waals surface area contributed by atoms with Crippen molar-refractivity contribution in [2.24, 2.45) is 5.29 Å². The normalized spacial score (nSPS) is 13.3. The largest absolute Gasteiger partial charge is 0.543 e. The van der Waals surface area contributed by atoms with Gasteiger partial charge in [-0.25, -0.2) is 5.01 Å². The van der Waals surface area contributed by atoms with E-state index < -0.39 is 16.6 Å². The van der Waals surface area contributed by atoms with Crippen molar-refractivity contribution in [3.8, 4) is 11.5 Å². The molecule has 1 aromatic rings. The van der Waals surface area contributed by atoms with E-state index >= 15 is 0 Å². The molecule has 0 fully saturated rings. The number of benzene rings is 1. The van der Waals surface area contributed by atoms with Gasteiger partial charge in [-0.05, 0) is 36.3 Å². The SMILES string of the molecule is CN(N=O)c1cc(O[Si](C)(C)C(C)(C)C)cc(O[Si](C)(C)C(C)(C)C)c1. The Bertz CT molecular complexity index is 601. The van der Waals surface area contributed by atoms with Gasteiger partial charge in [-0.3, -0.25) is 0 Å². The minimum absolute atomic E-state index is 0.0816. The zero-order chi connectivity index (χ0) is 20.6. The first kappa shape index (κ1) is 22.7. The van der Waals surface area contributed by atoms with Crippen LogP contribution in [0.4, 0.5) is 5.69 Å². The van der Waals surface area contributed by atoms with Gasteiger partial charge in [-0.2, -0.15) is 0 Å². The molecule has 5 nitrogen and oxygen atoms in total. The maximum absolute atomic E-state index is 11.0. The third kappa shape index (κ3) is 5.33. The quantitative estimate of drug-likeness (QED) is 0.310. The molecular weight excluding hydrogens is 360 g/mol. The molecule has 0 saturated carbocycles. The molecule has 0 atom stereocenters. The fraction of sp³-hybridized carbons (Fsp3) is 0.684. The number of anilines is 1. The summed E-state index contributed by atoms with van der Waals surface area (Å²) >= 11 is 0. The Kier molecular flexibility index (Phi) is 6.41. The molecule has 0 N–H and O–H groups in total. The molecule has 0 amide bonds. The summed E-state index contributed by atoms with van der Waals surface area (Å²) < 4.78 is 12.9. The first-order valence-electron chi connectivity index (χ1n) is 9.10. The fourth-order valence-electron chi connectivity index (χ4n) is 1.80. The van der Waals surface area contributed by atoms with Gasteiger partial charge in [0.2, 0.25) is 16.6 Å². The average molecular weight is 397 g/mol. The van der Waals surface area contributed by atoms with Crippen LogP contribution in [0.3, 0.4) is 0 Å². The van der Waals surface area contributed by atoms with E-state index in [-0.39, 0.29) is 10.1 Å². The van der Waals surface area contributed by atoms with Crippen LogP contribution in [0, 0.1) is 4.91 Å². The van der Waals surface area contributed by atoms with E-state index in [4.69, 9.17) is 8.85 Å². The summed E-state index contributed by atoms with van der Waals surface area (Å²) in [5, 5.41) is 4.49. The van der Waals surface area contributed by atoms with Crippen molar-refractivity contribution in [1.29, 1.82) is 0 Å². The zero-order valence-electron chi connectivity index (χ0n) is 18.4. The van der Waals surface area contributed by atoms with Crippen LogP contribution in [0.1, 0.15) is 41.5 Å². The summed E-state index contributed by atoms with van der Waals surface area (Å²) in [6, 6.07) is 5.67. The van der Waals surface area contributed by atoms with E-state index in [0.717, 1.165) is 11.5 Å². The average Bonchev–Trinajstić information content (AvgIpc) is 2.42. The fourth-order valence-corrected chi connectivity index (χ4v) is 3.83. The molecule has 0 radical (unpaired) electrons. The van der Waals surface area contributed by atoms with Crippen LogP contribution in [-0.4, -0.2) is 23.7 Å². The van der Waals surface area contributed by atoms with E-state index in [1.807, 2.05) is 18.2 Å². The van der Waals surface area contributed by atoms with Gasteiger partial charge in [0, 0.05) is 25.2 Å². The highest BCUT2D eigenvalue weighted by molar-refractivity contribution is 6.75. The summed E-state index contributed by atoms with van der Waals surface area (Å²) in [5.41, 5.74) is 0.671. The number of hydrogen-bond donors (Lipinski definition) is 0. The van der Waals surface area contributed by atoms with Gasteiger partial charge in [-0.15, -0.1) is 4.91 Å². The zero-order valence-corrected chi connectivity index (χ0v) is 20.4. The first-order valence-corrected chi connectivity index (χ1v) is 14.9. The van der Waals surface area contributed by atoms with Crippen LogP contribution >= 0.6 is 0 Å². The highest BCUT2D eigenvalue weighted by Gasteiger charge is 2.40. The monoisotopic (exact) mass is 396 g/mol. The topological polar surface area (TPSA) is 51.1 Å². The molecule has 0 heterocycles. The number of nitroso groups, excluding NO2 is 1. The van der Waals surface area contributed by atoms with E-state index in [1.54, 1.807) is 7.05 Å². The lowest BCUT2D eigenvalue weighted by Gasteiger charge is -2.38. The van der Waals surface area contributed by atoms with Gasteiger partial charge in [-0.1, -0.05) is 41.5 Å². The van der Waals surface area contributed by atoms with Crippen LogP contribution in [0.25, 0.3) is 0 Å². The van der Waals surface area contributed by atoms with Gasteiger partial charge in [0.1, 0.15) is 11.5 Å². The second kappa shape index (κ2) is 7.34. The molecule has 0 unspecified atom stereocenters. The van der Waals surface area contributed by atoms with Crippen molar-refractivity contribution in [3.63, 3.8) is 0 Å². The minimum Gasteiger partial charge on any atom is -0.543 e. The van der Waals surface area contributed by atoms with E-state index in [2.05, 4.69) is 73.0 Å². The van der Waals surface area contributed by atoms with Crippen molar-refractivity contribution in [1.82, 2.24) is 0 Å². The molecule has 148 valence electrons. The summed E-state index contributed by atoms with van der Waals surface area (Å²) in [6.07, 6.45) is 0. The van der Waals surface area contributed by atoms with Gasteiger partial charge in [0.25, 0.3) is 0 Å². The Labute approximate surface area is 161 Å². The molecule has 0 spiro atoms. The molecule has 1 aromatic carbocycles. The van der Waals surface area contributed by atoms with Gasteiger partial charge >= 0.3 is 0 Å². The van der Waals surface area contributed by atoms with Gasteiger partial charge in [0.15, 0.2) is 0 Å². The lowest BCUT2D eigenvalue weighted by Crippen LogP contribution is -2.44. The first-order chi connectivity index (χ1) is 11.5. The third-order valence-electron chi connectivity index (χ3n) is 5.72. The summed E-state index contributed by atoms with van der Waals surface area (Å²) in [4.78, 5) is 11.0. The number of nitrogens with zero attached hydrogens (tertiary/aromatic N) is 2. The molecule has 0 aromatic heterocycles. The van der Waals surface area contributed by atoms with Crippen LogP contribution in [0.5, 0.6) is 11.5 Å². The summed E-state index contributed by atoms with van der Waals surface area (Å²) in [7, 11) is -2.37. The van der Waals surface area contributed by atoms with Gasteiger partial charge in [0.05, 0.1) is 11.0 Å². The van der Waals surface area contributed by atoms with Crippen molar-refractivity contribution < 1.29 is 8.85 Å². The van der Waals surface area contributed by atoms with E-state index in [9.17, 15) is 4.91 Å². The Morgan fingerprint density at radius 3 is 1.42 bits per heavy atom. The number of rotatable bonds is 6. The highest BCUT2D eigenvalue weighted by Crippen LogP contribution is 2.41. The highest BCUT2D eigenvalue weighted by atomic mass is 28.4. The second-order valence-corrected chi connectivity index (χ2v) is 19.4. The Hall–Kier alpha value is -1.35. The molecular formula is C19H36N2O3Si2. The standard InChI is InChI=1S/C19H36N2O3Si2/c1-18(2,3)25(8,9)23-16-12-15(21(7)20-22)13-17(14-16)24-26(10,11)19(4,5)6/h12-14H,1-11H3. The van der Waals surface area contributed by atoms with Crippen LogP contribution < -0.4 is 13.9 Å². The third-order valence-corrected chi connectivity index (χ3v) is 14.4. The molecule has 26 heavy (non-hydrogen) atoms. The molecule has 0 aliphatic carbocycles. The van der Waals surface area contributed by atoms with Gasteiger partial charge < -0.3 is 8.85 Å². The van der Waals surface area contributed by atoms with Crippen LogP contribution in [0.15, 0.2) is 23.5 Å². The van der Waals surface area contributed by atoms with E-state index in [1.165, 1.54) is 5.01 Å². The Morgan fingerprint density at radius 1 is 0.808 bits per heavy atom. The Balaban J connectivity index is 3.34. The summed E-state index contributed by atoms with van der Waals surface area (Å²) in [6.45, 7) is 22.0. The molecule has 1 rings (SSSR count). The molecule has 7 heteroatoms. The maximum Gasteiger partial charge on any atom is 0.250 e. The molecule has 0 saturated heterocycles. The molecule has 0 aliphatic rings. The lowest BCUT2D eigenvalue weighted by molar-refractivity contribution is 0.474. The van der Waals surface area contributed by atoms with Crippen molar-refractivity contribution in [2.75, 3.05) is 12.1 Å². The molecule has 0 aliphatic heterocycles. The predicted molar refractivity (Wildman–Crippen MR) is 116 cm³/mol. The predicted octanol–water partition coefficient (Wildman–Crippen LogP) is 6.57. The Morgan fingerprint density at radius 2 is 1.15 bits per heavy atom. The summed E-state index contributed by atoms with van der Waals surface area (Å²) in [5.74, 6) is 1.47. The van der Waals surface area contributed by atoms with Crippen molar-refractivity contribution >= 4 is 22.3 Å². The van der Waals surface area contributed by atoms with Crippen LogP contribution in [0.2, 0.25) is 36.3 Å². The smallest absolute Gasteiger partial charge is 0.250 e. The maximum atomic E-state index is 11.0. The number of hydrogen-bond acceptors (Lipinski definition) is 4.